The van der Waals surface area contributed by atoms with Gasteiger partial charge in [0, 0.05) is 19.6 Å². The van der Waals surface area contributed by atoms with Crippen LogP contribution in [0.25, 0.3) is 0 Å². The zero-order valence-electron chi connectivity index (χ0n) is 8.93. The number of aliphatic hydroxyl groups is 1. The smallest absolute Gasteiger partial charge is 0.152 e. The van der Waals surface area contributed by atoms with Gasteiger partial charge in [0.1, 0.15) is 0 Å². The van der Waals surface area contributed by atoms with Crippen molar-refractivity contribution in [2.75, 3.05) is 31.1 Å². The van der Waals surface area contributed by atoms with Crippen molar-refractivity contribution in [3.05, 3.63) is 0 Å². The van der Waals surface area contributed by atoms with Gasteiger partial charge in [-0.1, -0.05) is 6.42 Å². The summed E-state index contributed by atoms with van der Waals surface area (Å²) in [7, 11) is -2.77. The molecule has 0 spiro atoms. The summed E-state index contributed by atoms with van der Waals surface area (Å²) in [6.45, 7) is 2.16. The van der Waals surface area contributed by atoms with Crippen LogP contribution in [0.4, 0.5) is 0 Å². The standard InChI is InChI=1S/C10H19NO3S/c12-10-3-1-2-9(10)8-11-4-6-15(13,14)7-5-11/h9-10,12H,1-8H2. The average molecular weight is 233 g/mol. The summed E-state index contributed by atoms with van der Waals surface area (Å²) in [4.78, 5) is 2.18. The van der Waals surface area contributed by atoms with E-state index >= 15 is 0 Å². The lowest BCUT2D eigenvalue weighted by Gasteiger charge is -2.29. The second-order valence-corrected chi connectivity index (χ2v) is 7.01. The van der Waals surface area contributed by atoms with Crippen LogP contribution >= 0.6 is 0 Å². The molecule has 5 heteroatoms. The molecule has 1 saturated carbocycles. The number of rotatable bonds is 2. The molecule has 88 valence electrons. The van der Waals surface area contributed by atoms with Gasteiger partial charge in [0.2, 0.25) is 0 Å². The average Bonchev–Trinajstić information content (AvgIpc) is 2.56. The van der Waals surface area contributed by atoms with E-state index in [0.29, 0.717) is 19.0 Å². The van der Waals surface area contributed by atoms with Crippen LogP contribution < -0.4 is 0 Å². The molecule has 0 radical (unpaired) electrons. The van der Waals surface area contributed by atoms with Gasteiger partial charge < -0.3 is 10.0 Å². The van der Waals surface area contributed by atoms with Crippen LogP contribution in [0, 0.1) is 5.92 Å². The van der Waals surface area contributed by atoms with Crippen LogP contribution in [0.1, 0.15) is 19.3 Å². The Morgan fingerprint density at radius 1 is 1.20 bits per heavy atom. The van der Waals surface area contributed by atoms with E-state index in [4.69, 9.17) is 0 Å². The zero-order chi connectivity index (χ0) is 10.9. The first-order chi connectivity index (χ1) is 7.07. The summed E-state index contributed by atoms with van der Waals surface area (Å²) in [6, 6.07) is 0. The van der Waals surface area contributed by atoms with Crippen molar-refractivity contribution in [3.8, 4) is 0 Å². The molecular weight excluding hydrogens is 214 g/mol. The van der Waals surface area contributed by atoms with E-state index in [2.05, 4.69) is 4.90 Å². The molecule has 15 heavy (non-hydrogen) atoms. The number of hydrogen-bond donors (Lipinski definition) is 1. The Balaban J connectivity index is 1.81. The van der Waals surface area contributed by atoms with Gasteiger partial charge in [0.05, 0.1) is 17.6 Å². The fourth-order valence-electron chi connectivity index (χ4n) is 2.49. The van der Waals surface area contributed by atoms with E-state index in [9.17, 15) is 13.5 Å². The third kappa shape index (κ3) is 2.92. The molecule has 2 atom stereocenters. The first-order valence-corrected chi connectivity index (χ1v) is 7.50. The van der Waals surface area contributed by atoms with Crippen molar-refractivity contribution in [2.24, 2.45) is 5.92 Å². The lowest BCUT2D eigenvalue weighted by molar-refractivity contribution is 0.105. The maximum absolute atomic E-state index is 11.2. The van der Waals surface area contributed by atoms with Gasteiger partial charge in [-0.3, -0.25) is 0 Å². The molecule has 4 nitrogen and oxygen atoms in total. The van der Waals surface area contributed by atoms with Gasteiger partial charge in [-0.2, -0.15) is 0 Å². The molecule has 0 aromatic heterocycles. The SMILES string of the molecule is O=S1(=O)CCN(CC2CCCC2O)CC1. The predicted molar refractivity (Wildman–Crippen MR) is 58.4 cm³/mol. The Kier molecular flexibility index (Phi) is 3.33. The molecule has 2 rings (SSSR count). The topological polar surface area (TPSA) is 57.6 Å². The zero-order valence-corrected chi connectivity index (χ0v) is 9.75. The highest BCUT2D eigenvalue weighted by molar-refractivity contribution is 7.91. The van der Waals surface area contributed by atoms with Gasteiger partial charge in [-0.25, -0.2) is 8.42 Å². The molecule has 0 bridgehead atoms. The third-order valence-corrected chi connectivity index (χ3v) is 5.16. The predicted octanol–water partition coefficient (Wildman–Crippen LogP) is -0.122. The first-order valence-electron chi connectivity index (χ1n) is 5.68. The second-order valence-electron chi connectivity index (χ2n) is 4.71. The normalized spacial score (nSPS) is 36.9. The summed E-state index contributed by atoms with van der Waals surface area (Å²) in [5, 5.41) is 9.68. The molecule has 1 N–H and O–H groups in total. The highest BCUT2D eigenvalue weighted by Gasteiger charge is 2.29. The van der Waals surface area contributed by atoms with E-state index in [1.165, 1.54) is 0 Å². The van der Waals surface area contributed by atoms with E-state index < -0.39 is 9.84 Å². The molecule has 0 amide bonds. The Morgan fingerprint density at radius 3 is 2.40 bits per heavy atom. The lowest BCUT2D eigenvalue weighted by atomic mass is 10.1. The largest absolute Gasteiger partial charge is 0.393 e. The van der Waals surface area contributed by atoms with Gasteiger partial charge >= 0.3 is 0 Å². The fourth-order valence-corrected chi connectivity index (χ4v) is 3.77. The molecule has 1 aliphatic carbocycles. The number of hydrogen-bond acceptors (Lipinski definition) is 4. The highest BCUT2D eigenvalue weighted by atomic mass is 32.2. The van der Waals surface area contributed by atoms with Crippen molar-refractivity contribution in [1.29, 1.82) is 0 Å². The van der Waals surface area contributed by atoms with Crippen molar-refractivity contribution < 1.29 is 13.5 Å². The number of aliphatic hydroxyl groups excluding tert-OH is 1. The Hall–Kier alpha value is -0.130. The lowest BCUT2D eigenvalue weighted by Crippen LogP contribution is -2.43. The summed E-state index contributed by atoms with van der Waals surface area (Å²) in [6.07, 6.45) is 2.95. The monoisotopic (exact) mass is 233 g/mol. The van der Waals surface area contributed by atoms with Crippen LogP contribution in [0.5, 0.6) is 0 Å². The molecule has 1 heterocycles. The molecule has 1 aliphatic heterocycles. The Bertz CT molecular complexity index is 301. The fraction of sp³-hybridized carbons (Fsp3) is 1.00. The molecule has 0 aromatic rings. The summed E-state index contributed by atoms with van der Waals surface area (Å²) >= 11 is 0. The maximum atomic E-state index is 11.2. The van der Waals surface area contributed by atoms with Crippen LogP contribution in [-0.4, -0.2) is 55.7 Å². The van der Waals surface area contributed by atoms with E-state index in [1.54, 1.807) is 0 Å². The van der Waals surface area contributed by atoms with Crippen molar-refractivity contribution >= 4 is 9.84 Å². The minimum atomic E-state index is -2.77. The highest BCUT2D eigenvalue weighted by Crippen LogP contribution is 2.26. The minimum absolute atomic E-state index is 0.163. The molecule has 0 aromatic carbocycles. The van der Waals surface area contributed by atoms with Gasteiger partial charge in [0.15, 0.2) is 9.84 Å². The van der Waals surface area contributed by atoms with Gasteiger partial charge in [-0.05, 0) is 18.8 Å². The number of nitrogens with zero attached hydrogens (tertiary/aromatic N) is 1. The molecule has 1 saturated heterocycles. The van der Waals surface area contributed by atoms with E-state index in [-0.39, 0.29) is 17.6 Å². The van der Waals surface area contributed by atoms with Crippen molar-refractivity contribution in [2.45, 2.75) is 25.4 Å². The van der Waals surface area contributed by atoms with Crippen LogP contribution in [-0.2, 0) is 9.84 Å². The van der Waals surface area contributed by atoms with Crippen LogP contribution in [0.15, 0.2) is 0 Å². The van der Waals surface area contributed by atoms with E-state index in [1.807, 2.05) is 0 Å². The summed E-state index contributed by atoms with van der Waals surface area (Å²) < 4.78 is 22.4. The maximum Gasteiger partial charge on any atom is 0.152 e. The van der Waals surface area contributed by atoms with Gasteiger partial charge in [-0.15, -0.1) is 0 Å². The summed E-state index contributed by atoms with van der Waals surface area (Å²) in [5.74, 6) is 0.942. The Morgan fingerprint density at radius 2 is 1.87 bits per heavy atom. The van der Waals surface area contributed by atoms with Crippen molar-refractivity contribution in [1.82, 2.24) is 4.90 Å². The third-order valence-electron chi connectivity index (χ3n) is 3.55. The van der Waals surface area contributed by atoms with Crippen LogP contribution in [0.3, 0.4) is 0 Å². The summed E-state index contributed by atoms with van der Waals surface area (Å²) in [5.41, 5.74) is 0. The second kappa shape index (κ2) is 4.39. The van der Waals surface area contributed by atoms with Crippen LogP contribution in [0.2, 0.25) is 0 Å². The minimum Gasteiger partial charge on any atom is -0.393 e. The first kappa shape index (κ1) is 11.4. The molecule has 2 aliphatic rings. The molecule has 2 fully saturated rings. The molecule has 2 unspecified atom stereocenters. The van der Waals surface area contributed by atoms with Gasteiger partial charge in [0.25, 0.3) is 0 Å². The molecular formula is C10H19NO3S. The van der Waals surface area contributed by atoms with Crippen molar-refractivity contribution in [3.63, 3.8) is 0 Å². The quantitative estimate of drug-likeness (QED) is 0.722. The van der Waals surface area contributed by atoms with E-state index in [0.717, 1.165) is 25.8 Å². The Labute approximate surface area is 91.2 Å². The number of sulfone groups is 1.